The third-order valence-electron chi connectivity index (χ3n) is 4.49. The Balaban J connectivity index is 2.60. The van der Waals surface area contributed by atoms with Crippen LogP contribution in [0.15, 0.2) is 29.1 Å². The van der Waals surface area contributed by atoms with E-state index in [1.54, 1.807) is 17.7 Å². The number of nitrogens with zero attached hydrogens (tertiary/aromatic N) is 3. The SMILES string of the molecule is CCCN(C(=O)C(C)C)C(C)c1nc2ccccc2c(=O)n1CCOC. The molecule has 1 heterocycles. The van der Waals surface area contributed by atoms with Gasteiger partial charge >= 0.3 is 0 Å². The Morgan fingerprint density at radius 3 is 2.58 bits per heavy atom. The molecule has 0 fully saturated rings. The standard InChI is InChI=1S/C20H29N3O3/c1-6-11-22(19(24)14(2)3)15(4)18-21-17-10-8-7-9-16(17)20(25)23(18)12-13-26-5/h7-10,14-15H,6,11-13H2,1-5H3. The van der Waals surface area contributed by atoms with Crippen LogP contribution in [0.25, 0.3) is 10.9 Å². The maximum Gasteiger partial charge on any atom is 0.261 e. The van der Waals surface area contributed by atoms with Crippen molar-refractivity contribution in [3.8, 4) is 0 Å². The van der Waals surface area contributed by atoms with E-state index in [-0.39, 0.29) is 23.4 Å². The molecule has 142 valence electrons. The number of hydrogen-bond acceptors (Lipinski definition) is 4. The number of amides is 1. The molecule has 0 spiro atoms. The maximum absolute atomic E-state index is 13.0. The first-order chi connectivity index (χ1) is 12.4. The van der Waals surface area contributed by atoms with E-state index in [0.717, 1.165) is 6.42 Å². The molecule has 26 heavy (non-hydrogen) atoms. The molecule has 0 saturated heterocycles. The highest BCUT2D eigenvalue weighted by molar-refractivity contribution is 5.79. The Hall–Kier alpha value is -2.21. The first-order valence-electron chi connectivity index (χ1n) is 9.21. The zero-order chi connectivity index (χ0) is 19.3. The molecule has 1 amide bonds. The average Bonchev–Trinajstić information content (AvgIpc) is 2.64. The van der Waals surface area contributed by atoms with E-state index in [9.17, 15) is 9.59 Å². The van der Waals surface area contributed by atoms with Crippen molar-refractivity contribution in [1.29, 1.82) is 0 Å². The lowest BCUT2D eigenvalue weighted by atomic mass is 10.1. The molecule has 1 aromatic heterocycles. The number of para-hydroxylation sites is 1. The Kier molecular flexibility index (Phi) is 6.91. The van der Waals surface area contributed by atoms with Gasteiger partial charge in [0.25, 0.3) is 5.56 Å². The van der Waals surface area contributed by atoms with Crippen LogP contribution in [0.4, 0.5) is 0 Å². The minimum atomic E-state index is -0.293. The Bertz CT molecular complexity index is 814. The number of hydrogen-bond donors (Lipinski definition) is 0. The summed E-state index contributed by atoms with van der Waals surface area (Å²) in [6.45, 7) is 9.21. The van der Waals surface area contributed by atoms with Crippen molar-refractivity contribution >= 4 is 16.8 Å². The van der Waals surface area contributed by atoms with E-state index in [1.165, 1.54) is 0 Å². The molecule has 6 nitrogen and oxygen atoms in total. The second-order valence-electron chi connectivity index (χ2n) is 6.80. The number of fused-ring (bicyclic) bond motifs is 1. The van der Waals surface area contributed by atoms with E-state index >= 15 is 0 Å². The molecule has 0 radical (unpaired) electrons. The summed E-state index contributed by atoms with van der Waals surface area (Å²) in [5, 5.41) is 0.580. The van der Waals surface area contributed by atoms with Gasteiger partial charge in [-0.25, -0.2) is 4.98 Å². The summed E-state index contributed by atoms with van der Waals surface area (Å²) in [5.74, 6) is 0.567. The number of ether oxygens (including phenoxy) is 1. The van der Waals surface area contributed by atoms with Gasteiger partial charge in [0.1, 0.15) is 5.82 Å². The van der Waals surface area contributed by atoms with Crippen molar-refractivity contribution < 1.29 is 9.53 Å². The van der Waals surface area contributed by atoms with Gasteiger partial charge in [0.05, 0.1) is 30.1 Å². The Labute approximate surface area is 154 Å². The van der Waals surface area contributed by atoms with Crippen LogP contribution in [0.3, 0.4) is 0 Å². The van der Waals surface area contributed by atoms with E-state index in [4.69, 9.17) is 9.72 Å². The second kappa shape index (κ2) is 8.94. The van der Waals surface area contributed by atoms with Crippen LogP contribution in [0, 0.1) is 5.92 Å². The molecular formula is C20H29N3O3. The fourth-order valence-electron chi connectivity index (χ4n) is 3.11. The minimum absolute atomic E-state index is 0.0695. The highest BCUT2D eigenvalue weighted by Gasteiger charge is 2.27. The number of aromatic nitrogens is 2. The fourth-order valence-corrected chi connectivity index (χ4v) is 3.11. The predicted molar refractivity (Wildman–Crippen MR) is 103 cm³/mol. The quantitative estimate of drug-likeness (QED) is 0.727. The maximum atomic E-state index is 13.0. The van der Waals surface area contributed by atoms with Crippen molar-refractivity contribution in [2.75, 3.05) is 20.3 Å². The van der Waals surface area contributed by atoms with Crippen molar-refractivity contribution in [2.45, 2.75) is 46.7 Å². The zero-order valence-corrected chi connectivity index (χ0v) is 16.4. The fraction of sp³-hybridized carbons (Fsp3) is 0.550. The van der Waals surface area contributed by atoms with E-state index in [2.05, 4.69) is 0 Å². The lowest BCUT2D eigenvalue weighted by Gasteiger charge is -2.31. The van der Waals surface area contributed by atoms with Crippen LogP contribution >= 0.6 is 0 Å². The number of methoxy groups -OCH3 is 1. The zero-order valence-electron chi connectivity index (χ0n) is 16.4. The number of rotatable bonds is 8. The molecule has 0 saturated carbocycles. The molecule has 0 aliphatic carbocycles. The van der Waals surface area contributed by atoms with Crippen LogP contribution in [0.1, 0.15) is 46.0 Å². The summed E-state index contributed by atoms with van der Waals surface area (Å²) in [4.78, 5) is 32.3. The summed E-state index contributed by atoms with van der Waals surface area (Å²) in [5.41, 5.74) is 0.560. The summed E-state index contributed by atoms with van der Waals surface area (Å²) in [6, 6.07) is 7.03. The molecule has 1 unspecified atom stereocenters. The van der Waals surface area contributed by atoms with Gasteiger partial charge in [-0.15, -0.1) is 0 Å². The highest BCUT2D eigenvalue weighted by atomic mass is 16.5. The normalized spacial score (nSPS) is 12.5. The smallest absolute Gasteiger partial charge is 0.261 e. The second-order valence-corrected chi connectivity index (χ2v) is 6.80. The van der Waals surface area contributed by atoms with Gasteiger partial charge < -0.3 is 9.64 Å². The van der Waals surface area contributed by atoms with Gasteiger partial charge in [0.15, 0.2) is 0 Å². The lowest BCUT2D eigenvalue weighted by Crippen LogP contribution is -2.40. The first kappa shape index (κ1) is 20.1. The molecule has 0 aliphatic heterocycles. The number of carbonyl (C=O) groups excluding carboxylic acids is 1. The molecule has 0 N–H and O–H groups in total. The molecule has 6 heteroatoms. The highest BCUT2D eigenvalue weighted by Crippen LogP contribution is 2.22. The van der Waals surface area contributed by atoms with Crippen LogP contribution in [-0.2, 0) is 16.1 Å². The Morgan fingerprint density at radius 1 is 1.27 bits per heavy atom. The van der Waals surface area contributed by atoms with Gasteiger partial charge in [-0.2, -0.15) is 0 Å². The van der Waals surface area contributed by atoms with Gasteiger partial charge in [0.2, 0.25) is 5.91 Å². The summed E-state index contributed by atoms with van der Waals surface area (Å²) in [6.07, 6.45) is 0.846. The topological polar surface area (TPSA) is 64.4 Å². The van der Waals surface area contributed by atoms with Crippen molar-refractivity contribution in [1.82, 2.24) is 14.5 Å². The van der Waals surface area contributed by atoms with E-state index in [0.29, 0.717) is 36.4 Å². The number of benzene rings is 1. The van der Waals surface area contributed by atoms with E-state index < -0.39 is 0 Å². The van der Waals surface area contributed by atoms with Crippen molar-refractivity contribution in [2.24, 2.45) is 5.92 Å². The molecule has 0 bridgehead atoms. The Morgan fingerprint density at radius 2 is 1.96 bits per heavy atom. The largest absolute Gasteiger partial charge is 0.383 e. The molecule has 1 aromatic carbocycles. The summed E-state index contributed by atoms with van der Waals surface area (Å²) in [7, 11) is 1.61. The van der Waals surface area contributed by atoms with Crippen LogP contribution in [-0.4, -0.2) is 40.6 Å². The van der Waals surface area contributed by atoms with Gasteiger partial charge in [-0.05, 0) is 25.5 Å². The minimum Gasteiger partial charge on any atom is -0.383 e. The average molecular weight is 359 g/mol. The third-order valence-corrected chi connectivity index (χ3v) is 4.49. The predicted octanol–water partition coefficient (Wildman–Crippen LogP) is 3.00. The van der Waals surface area contributed by atoms with Crippen LogP contribution in [0.5, 0.6) is 0 Å². The monoisotopic (exact) mass is 359 g/mol. The van der Waals surface area contributed by atoms with Crippen LogP contribution in [0.2, 0.25) is 0 Å². The first-order valence-corrected chi connectivity index (χ1v) is 9.21. The van der Waals surface area contributed by atoms with Crippen molar-refractivity contribution in [3.05, 3.63) is 40.4 Å². The van der Waals surface area contributed by atoms with Gasteiger partial charge in [-0.1, -0.05) is 32.9 Å². The van der Waals surface area contributed by atoms with Gasteiger partial charge in [0, 0.05) is 19.6 Å². The summed E-state index contributed by atoms with van der Waals surface area (Å²) >= 11 is 0. The third kappa shape index (κ3) is 4.12. The summed E-state index contributed by atoms with van der Waals surface area (Å²) < 4.78 is 6.82. The molecule has 2 rings (SSSR count). The number of carbonyl (C=O) groups is 1. The lowest BCUT2D eigenvalue weighted by molar-refractivity contribution is -0.137. The van der Waals surface area contributed by atoms with Gasteiger partial charge in [-0.3, -0.25) is 14.2 Å². The van der Waals surface area contributed by atoms with E-state index in [1.807, 2.05) is 50.8 Å². The molecular weight excluding hydrogens is 330 g/mol. The van der Waals surface area contributed by atoms with Crippen LogP contribution < -0.4 is 5.56 Å². The molecule has 1 atom stereocenters. The van der Waals surface area contributed by atoms with Crippen molar-refractivity contribution in [3.63, 3.8) is 0 Å². The molecule has 0 aliphatic rings. The molecule has 2 aromatic rings.